The number of fused-ring (bicyclic) bond motifs is 2. The largest absolute Gasteiger partial charge is 0.453 e. The summed E-state index contributed by atoms with van der Waals surface area (Å²) in [6.45, 7) is 11.0. The number of imidazole rings is 1. The zero-order chi connectivity index (χ0) is 37.7. The lowest BCUT2D eigenvalue weighted by molar-refractivity contribution is -0.125. The average molecular weight is 716 g/mol. The number of hydrogen-bond acceptors (Lipinski definition) is 10. The number of H-pyrrole nitrogens is 1. The molecule has 0 unspecified atom stereocenters. The van der Waals surface area contributed by atoms with Gasteiger partial charge >= 0.3 is 12.2 Å². The molecule has 0 saturated heterocycles. The highest BCUT2D eigenvalue weighted by Gasteiger charge is 2.29. The van der Waals surface area contributed by atoms with Crippen LogP contribution in [-0.2, 0) is 19.1 Å². The van der Waals surface area contributed by atoms with Gasteiger partial charge < -0.3 is 45.2 Å². The molecule has 5 N–H and O–H groups in total. The van der Waals surface area contributed by atoms with Crippen LogP contribution in [0.4, 0.5) is 9.59 Å². The monoisotopic (exact) mass is 715 g/mol. The van der Waals surface area contributed by atoms with E-state index in [0.29, 0.717) is 40.9 Å². The Kier molecular flexibility index (Phi) is 11.5. The van der Waals surface area contributed by atoms with Crippen LogP contribution in [0.25, 0.3) is 16.8 Å². The highest BCUT2D eigenvalue weighted by atomic mass is 16.6. The normalized spacial score (nSPS) is 15.3. The Bertz CT molecular complexity index is 1900. The molecule has 0 fully saturated rings. The highest BCUT2D eigenvalue weighted by molar-refractivity contribution is 6.03. The standard InChI is InChI=1S/C37H45N7O8/c1-18(2)31(43-36(47)49-7)34(45)40-20(5)25-13-24(16-38-25)22-9-11-27-29(14-22)51-28-12-10-23(15-30(28)52-27)26-17-39-33(42-26)21(6)41-35(46)32(19(3)4)44-37(48)50-8/h9-12,14-21,31-32H,13H2,1-8H3,(H,39,42)(H,40,45)(H,41,46)(H,43,47)(H,44,48)/t20-,21-,31-,32-/m0/s1. The van der Waals surface area contributed by atoms with Gasteiger partial charge in [-0.1, -0.05) is 33.8 Å². The molecular weight excluding hydrogens is 670 g/mol. The summed E-state index contributed by atoms with van der Waals surface area (Å²) in [6.07, 6.45) is 2.63. The van der Waals surface area contributed by atoms with Gasteiger partial charge in [0.05, 0.1) is 38.2 Å². The third kappa shape index (κ3) is 8.53. The number of amides is 4. The molecular formula is C37H45N7O8. The first kappa shape index (κ1) is 37.4. The number of aromatic amines is 1. The van der Waals surface area contributed by atoms with Gasteiger partial charge in [-0.3, -0.25) is 14.6 Å². The molecule has 4 atom stereocenters. The highest BCUT2D eigenvalue weighted by Crippen LogP contribution is 2.47. The van der Waals surface area contributed by atoms with Gasteiger partial charge in [0.2, 0.25) is 11.8 Å². The fourth-order valence-electron chi connectivity index (χ4n) is 5.74. The van der Waals surface area contributed by atoms with Gasteiger partial charge in [-0.05, 0) is 67.2 Å². The fourth-order valence-corrected chi connectivity index (χ4v) is 5.74. The van der Waals surface area contributed by atoms with Crippen molar-refractivity contribution in [1.82, 2.24) is 31.2 Å². The Morgan fingerprint density at radius 1 is 0.712 bits per heavy atom. The van der Waals surface area contributed by atoms with Crippen LogP contribution in [0, 0.1) is 11.8 Å². The Balaban J connectivity index is 1.20. The van der Waals surface area contributed by atoms with Crippen molar-refractivity contribution >= 4 is 35.3 Å². The number of allylic oxidation sites excluding steroid dienone is 1. The van der Waals surface area contributed by atoms with Crippen molar-refractivity contribution in [3.63, 3.8) is 0 Å². The average Bonchev–Trinajstić information content (AvgIpc) is 3.82. The van der Waals surface area contributed by atoms with Crippen molar-refractivity contribution in [3.8, 4) is 34.3 Å². The first-order chi connectivity index (χ1) is 24.8. The molecule has 15 heteroatoms. The number of rotatable bonds is 12. The maximum atomic E-state index is 12.9. The number of nitrogens with one attached hydrogen (secondary N) is 5. The van der Waals surface area contributed by atoms with E-state index in [1.54, 1.807) is 19.3 Å². The molecule has 4 amide bonds. The lowest BCUT2D eigenvalue weighted by atomic mass is 9.99. The van der Waals surface area contributed by atoms with Crippen molar-refractivity contribution in [1.29, 1.82) is 0 Å². The van der Waals surface area contributed by atoms with Gasteiger partial charge in [-0.15, -0.1) is 0 Å². The van der Waals surface area contributed by atoms with E-state index < -0.39 is 30.3 Å². The van der Waals surface area contributed by atoms with E-state index in [0.717, 1.165) is 22.4 Å². The second-order valence-electron chi connectivity index (χ2n) is 13.3. The number of nitrogens with zero attached hydrogens (tertiary/aromatic N) is 2. The predicted molar refractivity (Wildman–Crippen MR) is 193 cm³/mol. The minimum absolute atomic E-state index is 0.143. The molecule has 2 aliphatic rings. The van der Waals surface area contributed by atoms with E-state index in [9.17, 15) is 19.2 Å². The van der Waals surface area contributed by atoms with Crippen molar-refractivity contribution in [2.45, 2.75) is 72.1 Å². The summed E-state index contributed by atoms with van der Waals surface area (Å²) in [6, 6.07) is 8.87. The smallest absolute Gasteiger partial charge is 0.407 e. The predicted octanol–water partition coefficient (Wildman–Crippen LogP) is 5.60. The van der Waals surface area contributed by atoms with E-state index in [1.165, 1.54) is 14.2 Å². The molecule has 2 aliphatic heterocycles. The van der Waals surface area contributed by atoms with Crippen LogP contribution in [0.1, 0.15) is 65.4 Å². The maximum Gasteiger partial charge on any atom is 0.407 e. The molecule has 276 valence electrons. The third-order valence-electron chi connectivity index (χ3n) is 8.81. The number of alkyl carbamates (subject to hydrolysis) is 2. The van der Waals surface area contributed by atoms with Crippen LogP contribution < -0.4 is 30.7 Å². The van der Waals surface area contributed by atoms with E-state index >= 15 is 0 Å². The summed E-state index contributed by atoms with van der Waals surface area (Å²) in [5.41, 5.74) is 4.15. The van der Waals surface area contributed by atoms with E-state index in [1.807, 2.05) is 71.0 Å². The molecule has 0 saturated carbocycles. The van der Waals surface area contributed by atoms with Crippen molar-refractivity contribution in [3.05, 3.63) is 60.2 Å². The lowest BCUT2D eigenvalue weighted by Gasteiger charge is -2.24. The topological polar surface area (TPSA) is 194 Å². The Morgan fingerprint density at radius 3 is 1.77 bits per heavy atom. The minimum Gasteiger partial charge on any atom is -0.453 e. The van der Waals surface area contributed by atoms with Gasteiger partial charge in [-0.2, -0.15) is 0 Å². The number of carbonyl (C=O) groups excluding carboxylic acids is 4. The van der Waals surface area contributed by atoms with Crippen LogP contribution in [0.5, 0.6) is 23.0 Å². The number of methoxy groups -OCH3 is 2. The summed E-state index contributed by atoms with van der Waals surface area (Å²) in [5.74, 6) is 1.74. The third-order valence-corrected chi connectivity index (χ3v) is 8.81. The summed E-state index contributed by atoms with van der Waals surface area (Å²) in [7, 11) is 2.50. The van der Waals surface area contributed by atoms with E-state index in [-0.39, 0.29) is 29.7 Å². The molecule has 0 spiro atoms. The lowest BCUT2D eigenvalue weighted by Crippen LogP contribution is -2.52. The first-order valence-corrected chi connectivity index (χ1v) is 17.0. The summed E-state index contributed by atoms with van der Waals surface area (Å²) in [5, 5.41) is 11.0. The van der Waals surface area contributed by atoms with Gasteiger partial charge in [0.25, 0.3) is 0 Å². The second kappa shape index (κ2) is 16.0. The SMILES string of the molecule is COC(=O)N[C@H](C(=O)N[C@@H](C)C1=NC=C(c2ccc3c(c2)Oc2ccc(-c4cnc([C@H](C)NC(=O)[C@@H](NC(=O)OC)C(C)C)[nH]4)cc2O3)C1)C(C)C. The number of ether oxygens (including phenoxy) is 4. The maximum absolute atomic E-state index is 12.9. The fraction of sp³-hybridized carbons (Fsp3) is 0.405. The zero-order valence-electron chi connectivity index (χ0n) is 30.5. The molecule has 3 aromatic rings. The Hall–Kier alpha value is -5.86. The molecule has 5 rings (SSSR count). The summed E-state index contributed by atoms with van der Waals surface area (Å²) >= 11 is 0. The van der Waals surface area contributed by atoms with Gasteiger partial charge in [0.1, 0.15) is 17.9 Å². The zero-order valence-corrected chi connectivity index (χ0v) is 30.5. The number of aromatic nitrogens is 2. The molecule has 0 bridgehead atoms. The Labute approximate surface area is 301 Å². The molecule has 0 aliphatic carbocycles. The Morgan fingerprint density at radius 2 is 1.23 bits per heavy atom. The number of benzene rings is 2. The van der Waals surface area contributed by atoms with Gasteiger partial charge in [-0.25, -0.2) is 14.6 Å². The van der Waals surface area contributed by atoms with Crippen LogP contribution in [0.3, 0.4) is 0 Å². The molecule has 3 heterocycles. The van der Waals surface area contributed by atoms with E-state index in [4.69, 9.17) is 9.47 Å². The first-order valence-electron chi connectivity index (χ1n) is 17.0. The molecule has 2 aromatic carbocycles. The van der Waals surface area contributed by atoms with Crippen LogP contribution in [0.15, 0.2) is 53.8 Å². The van der Waals surface area contributed by atoms with Crippen LogP contribution in [0.2, 0.25) is 0 Å². The molecule has 1 aromatic heterocycles. The second-order valence-corrected chi connectivity index (χ2v) is 13.3. The number of hydrogen-bond donors (Lipinski definition) is 5. The van der Waals surface area contributed by atoms with Crippen molar-refractivity contribution < 1.29 is 38.1 Å². The number of aliphatic imine (C=N–C) groups is 1. The van der Waals surface area contributed by atoms with Gasteiger partial charge in [0.15, 0.2) is 23.0 Å². The van der Waals surface area contributed by atoms with Crippen LogP contribution >= 0.6 is 0 Å². The quantitative estimate of drug-likeness (QED) is 0.124. The minimum atomic E-state index is -0.771. The van der Waals surface area contributed by atoms with E-state index in [2.05, 4.69) is 45.7 Å². The van der Waals surface area contributed by atoms with Crippen molar-refractivity contribution in [2.75, 3.05) is 14.2 Å². The molecule has 15 nitrogen and oxygen atoms in total. The van der Waals surface area contributed by atoms with Crippen molar-refractivity contribution in [2.24, 2.45) is 16.8 Å². The molecule has 52 heavy (non-hydrogen) atoms. The van der Waals surface area contributed by atoms with Crippen LogP contribution in [-0.4, -0.2) is 72.0 Å². The van der Waals surface area contributed by atoms with Gasteiger partial charge in [0, 0.05) is 23.9 Å². The summed E-state index contributed by atoms with van der Waals surface area (Å²) < 4.78 is 21.8. The molecule has 0 radical (unpaired) electrons. The summed E-state index contributed by atoms with van der Waals surface area (Å²) in [4.78, 5) is 61.6. The number of carbonyl (C=O) groups is 4.